The predicted molar refractivity (Wildman–Crippen MR) is 128 cm³/mol. The molecule has 2 amide bonds. The van der Waals surface area contributed by atoms with E-state index in [-0.39, 0.29) is 5.92 Å². The summed E-state index contributed by atoms with van der Waals surface area (Å²) in [4.78, 5) is 23.5. The molecule has 0 bridgehead atoms. The van der Waals surface area contributed by atoms with Crippen molar-refractivity contribution in [3.05, 3.63) is 47.5 Å². The molecule has 0 aromatic heterocycles. The quantitative estimate of drug-likeness (QED) is 0.286. The number of hydrogen-bond donors (Lipinski definition) is 6. The maximum Gasteiger partial charge on any atom is 0.250 e. The second kappa shape index (κ2) is 11.1. The van der Waals surface area contributed by atoms with Crippen molar-refractivity contribution in [3.8, 4) is 0 Å². The highest BCUT2D eigenvalue weighted by Crippen LogP contribution is 2.23. The normalized spacial score (nSPS) is 11.0. The molecule has 2 aromatic carbocycles. The lowest BCUT2D eigenvalue weighted by Gasteiger charge is -2.22. The van der Waals surface area contributed by atoms with E-state index in [1.807, 2.05) is 0 Å². The number of amides is 2. The van der Waals surface area contributed by atoms with Gasteiger partial charge in [-0.05, 0) is 54.7 Å². The fourth-order valence-electron chi connectivity index (χ4n) is 3.45. The Morgan fingerprint density at radius 3 is 1.65 bits per heavy atom. The first-order valence-electron chi connectivity index (χ1n) is 10.5. The third kappa shape index (κ3) is 7.40. The fourth-order valence-corrected chi connectivity index (χ4v) is 3.45. The van der Waals surface area contributed by atoms with Crippen molar-refractivity contribution in [1.82, 2.24) is 0 Å². The molecule has 0 saturated heterocycles. The minimum absolute atomic E-state index is 0.211. The molecule has 0 aliphatic heterocycles. The number of anilines is 4. The van der Waals surface area contributed by atoms with E-state index in [4.69, 9.17) is 22.9 Å². The zero-order chi connectivity index (χ0) is 23.0. The first-order valence-corrected chi connectivity index (χ1v) is 10.5. The Bertz CT molecular complexity index is 845. The molecule has 0 atom stereocenters. The lowest BCUT2D eigenvalue weighted by Crippen LogP contribution is -2.25. The van der Waals surface area contributed by atoms with Crippen LogP contribution in [0.1, 0.15) is 53.8 Å². The van der Waals surface area contributed by atoms with Gasteiger partial charge in [0.15, 0.2) is 0 Å². The van der Waals surface area contributed by atoms with Crippen LogP contribution < -0.4 is 33.6 Å². The zero-order valence-corrected chi connectivity index (χ0v) is 18.3. The van der Waals surface area contributed by atoms with Gasteiger partial charge in [-0.3, -0.25) is 9.59 Å². The van der Waals surface area contributed by atoms with E-state index >= 15 is 0 Å². The van der Waals surface area contributed by atoms with Crippen molar-refractivity contribution in [2.24, 2.45) is 23.3 Å². The Hall–Kier alpha value is -3.42. The summed E-state index contributed by atoms with van der Waals surface area (Å²) in [5.41, 5.74) is 25.9. The summed E-state index contributed by atoms with van der Waals surface area (Å²) in [5, 5.41) is 6.64. The van der Waals surface area contributed by atoms with Crippen molar-refractivity contribution >= 4 is 34.6 Å². The lowest BCUT2D eigenvalue weighted by molar-refractivity contribution is 0.0992. The average molecular weight is 427 g/mol. The van der Waals surface area contributed by atoms with Crippen LogP contribution in [0.15, 0.2) is 36.4 Å². The summed E-state index contributed by atoms with van der Waals surface area (Å²) in [6.07, 6.45) is 3.14. The molecule has 31 heavy (non-hydrogen) atoms. The Morgan fingerprint density at radius 1 is 0.806 bits per heavy atom. The largest absolute Gasteiger partial charge is 0.399 e. The summed E-state index contributed by atoms with van der Waals surface area (Å²) < 4.78 is 0. The SMILES string of the molecule is CC(C)CCCC(CNc1cc(N)ccc1C(N)=O)CNc1cc(N)ccc1C(N)=O. The van der Waals surface area contributed by atoms with Crippen molar-refractivity contribution in [2.75, 3.05) is 35.2 Å². The molecular formula is C23H34N6O2. The lowest BCUT2D eigenvalue weighted by atomic mass is 9.97. The van der Waals surface area contributed by atoms with Crippen LogP contribution in [0.25, 0.3) is 0 Å². The number of nitrogens with two attached hydrogens (primary N) is 4. The highest BCUT2D eigenvalue weighted by Gasteiger charge is 2.15. The molecule has 0 spiro atoms. The molecule has 0 unspecified atom stereocenters. The monoisotopic (exact) mass is 426 g/mol. The van der Waals surface area contributed by atoms with Crippen LogP contribution in [0.2, 0.25) is 0 Å². The fraction of sp³-hybridized carbons (Fsp3) is 0.391. The molecule has 8 nitrogen and oxygen atoms in total. The van der Waals surface area contributed by atoms with E-state index in [1.165, 1.54) is 0 Å². The zero-order valence-electron chi connectivity index (χ0n) is 18.3. The molecule has 0 aliphatic carbocycles. The summed E-state index contributed by atoms with van der Waals surface area (Å²) in [6.45, 7) is 5.60. The minimum Gasteiger partial charge on any atom is -0.399 e. The van der Waals surface area contributed by atoms with Gasteiger partial charge < -0.3 is 33.6 Å². The van der Waals surface area contributed by atoms with E-state index < -0.39 is 11.8 Å². The van der Waals surface area contributed by atoms with Crippen LogP contribution >= 0.6 is 0 Å². The van der Waals surface area contributed by atoms with Gasteiger partial charge in [-0.15, -0.1) is 0 Å². The third-order valence-corrected chi connectivity index (χ3v) is 5.17. The van der Waals surface area contributed by atoms with E-state index in [0.717, 1.165) is 19.3 Å². The van der Waals surface area contributed by atoms with Gasteiger partial charge in [0.2, 0.25) is 0 Å². The van der Waals surface area contributed by atoms with E-state index in [2.05, 4.69) is 24.5 Å². The summed E-state index contributed by atoms with van der Waals surface area (Å²) >= 11 is 0. The first-order chi connectivity index (χ1) is 14.7. The molecular weight excluding hydrogens is 392 g/mol. The van der Waals surface area contributed by atoms with Gasteiger partial charge in [-0.25, -0.2) is 0 Å². The average Bonchev–Trinajstić information content (AvgIpc) is 2.68. The highest BCUT2D eigenvalue weighted by atomic mass is 16.1. The number of rotatable bonds is 12. The van der Waals surface area contributed by atoms with Crippen LogP contribution in [0.5, 0.6) is 0 Å². The van der Waals surface area contributed by atoms with Gasteiger partial charge in [0.1, 0.15) is 0 Å². The summed E-state index contributed by atoms with van der Waals surface area (Å²) in [7, 11) is 0. The van der Waals surface area contributed by atoms with Crippen LogP contribution in [0.3, 0.4) is 0 Å². The Labute approximate surface area is 183 Å². The number of hydrogen-bond acceptors (Lipinski definition) is 6. The van der Waals surface area contributed by atoms with Gasteiger partial charge in [0.25, 0.3) is 11.8 Å². The molecule has 0 radical (unpaired) electrons. The molecule has 0 aliphatic rings. The Balaban J connectivity index is 2.13. The smallest absolute Gasteiger partial charge is 0.250 e. The molecule has 0 heterocycles. The van der Waals surface area contributed by atoms with E-state index in [0.29, 0.717) is 52.9 Å². The maximum atomic E-state index is 11.7. The third-order valence-electron chi connectivity index (χ3n) is 5.17. The minimum atomic E-state index is -0.511. The van der Waals surface area contributed by atoms with E-state index in [1.54, 1.807) is 36.4 Å². The predicted octanol–water partition coefficient (Wildman–Crippen LogP) is 3.02. The van der Waals surface area contributed by atoms with Crippen LogP contribution in [0.4, 0.5) is 22.7 Å². The molecule has 2 rings (SSSR count). The van der Waals surface area contributed by atoms with Gasteiger partial charge >= 0.3 is 0 Å². The van der Waals surface area contributed by atoms with Gasteiger partial charge in [-0.2, -0.15) is 0 Å². The number of primary amides is 2. The van der Waals surface area contributed by atoms with Crippen LogP contribution in [-0.2, 0) is 0 Å². The standard InChI is InChI=1S/C23H34N6O2/c1-14(2)4-3-5-15(12-28-20-10-16(24)6-8-18(20)22(26)30)13-29-21-11-17(25)7-9-19(21)23(27)31/h6-11,14-15,28-29H,3-5,12-13,24-25H2,1-2H3,(H2,26,30)(H2,27,31). The highest BCUT2D eigenvalue weighted by molar-refractivity contribution is 5.99. The van der Waals surface area contributed by atoms with Gasteiger partial charge in [-0.1, -0.05) is 26.7 Å². The number of benzene rings is 2. The first kappa shape index (κ1) is 23.9. The second-order valence-corrected chi connectivity index (χ2v) is 8.29. The number of carbonyl (C=O) groups is 2. The van der Waals surface area contributed by atoms with Crippen molar-refractivity contribution in [1.29, 1.82) is 0 Å². The molecule has 8 heteroatoms. The molecule has 168 valence electrons. The van der Waals surface area contributed by atoms with E-state index in [9.17, 15) is 9.59 Å². The van der Waals surface area contributed by atoms with Crippen LogP contribution in [0, 0.1) is 11.8 Å². The molecule has 10 N–H and O–H groups in total. The van der Waals surface area contributed by atoms with Gasteiger partial charge in [0, 0.05) is 35.8 Å². The van der Waals surface area contributed by atoms with Crippen molar-refractivity contribution < 1.29 is 9.59 Å². The topological polar surface area (TPSA) is 162 Å². The molecule has 2 aromatic rings. The number of nitrogen functional groups attached to an aromatic ring is 2. The summed E-state index contributed by atoms with van der Waals surface area (Å²) in [5.74, 6) is -0.193. The second-order valence-electron chi connectivity index (χ2n) is 8.29. The Morgan fingerprint density at radius 2 is 1.26 bits per heavy atom. The number of nitrogens with one attached hydrogen (secondary N) is 2. The molecule has 0 saturated carbocycles. The van der Waals surface area contributed by atoms with Crippen LogP contribution in [-0.4, -0.2) is 24.9 Å². The van der Waals surface area contributed by atoms with Gasteiger partial charge in [0.05, 0.1) is 11.1 Å². The Kier molecular flexibility index (Phi) is 8.54. The van der Waals surface area contributed by atoms with Crippen molar-refractivity contribution in [3.63, 3.8) is 0 Å². The summed E-state index contributed by atoms with van der Waals surface area (Å²) in [6, 6.07) is 9.97. The number of carbonyl (C=O) groups excluding carboxylic acids is 2. The maximum absolute atomic E-state index is 11.7. The van der Waals surface area contributed by atoms with Crippen molar-refractivity contribution in [2.45, 2.75) is 33.1 Å². The molecule has 0 fully saturated rings.